The number of aryl methyl sites for hydroxylation is 2. The lowest BCUT2D eigenvalue weighted by Crippen LogP contribution is -2.34. The summed E-state index contributed by atoms with van der Waals surface area (Å²) in [6, 6.07) is 5.79. The van der Waals surface area contributed by atoms with Crippen molar-refractivity contribution in [3.63, 3.8) is 0 Å². The van der Waals surface area contributed by atoms with Crippen molar-refractivity contribution in [2.75, 3.05) is 27.3 Å². The minimum absolute atomic E-state index is 0.00582. The molecule has 8 bridgehead atoms. The minimum atomic E-state index is -0.638. The Morgan fingerprint density at radius 2 is 1.32 bits per heavy atom. The maximum atomic E-state index is 14.3. The number of hydrogen-bond donors (Lipinski definition) is 4. The number of Topliss-reactive ketones (excluding diaryl/α,β-unsaturated/α-hetero) is 1. The van der Waals surface area contributed by atoms with E-state index < -0.39 is 17.7 Å². The predicted octanol–water partition coefficient (Wildman–Crippen LogP) is 7.24. The van der Waals surface area contributed by atoms with Crippen LogP contribution < -0.4 is 10.6 Å². The first-order chi connectivity index (χ1) is 26.8. The molecule has 2 amide bonds. The third-order valence-electron chi connectivity index (χ3n) is 11.0. The Hall–Kier alpha value is -5.53. The topological polar surface area (TPSA) is 194 Å². The molecule has 2 aliphatic rings. The number of H-pyrrole nitrogens is 2. The number of ketones is 1. The summed E-state index contributed by atoms with van der Waals surface area (Å²) < 4.78 is 15.5. The van der Waals surface area contributed by atoms with Crippen LogP contribution in [0.3, 0.4) is 0 Å². The molecule has 0 unspecified atom stereocenters. The van der Waals surface area contributed by atoms with E-state index in [1.807, 2.05) is 39.0 Å². The van der Waals surface area contributed by atoms with Gasteiger partial charge >= 0.3 is 18.0 Å². The van der Waals surface area contributed by atoms with E-state index in [1.165, 1.54) is 14.2 Å². The summed E-state index contributed by atoms with van der Waals surface area (Å²) in [4.78, 5) is 82.6. The van der Waals surface area contributed by atoms with Gasteiger partial charge in [-0.2, -0.15) is 0 Å². The molecule has 0 saturated carbocycles. The normalized spacial score (nSPS) is 17.8. The number of hydrogen-bond acceptors (Lipinski definition) is 10. The molecule has 3 aromatic heterocycles. The molecule has 4 atom stereocenters. The van der Waals surface area contributed by atoms with Crippen LogP contribution in [0.4, 0.5) is 4.79 Å². The summed E-state index contributed by atoms with van der Waals surface area (Å²) in [6.07, 6.45) is 0.123. The molecule has 0 aromatic carbocycles. The molecule has 0 spiro atoms. The summed E-state index contributed by atoms with van der Waals surface area (Å²) >= 11 is 0. The number of methoxy groups -OCH3 is 2. The second-order valence-corrected chi connectivity index (χ2v) is 16.1. The number of nitrogens with one attached hydrogen (secondary N) is 4. The Balaban J connectivity index is 1.80. The molecule has 0 radical (unpaired) electrons. The van der Waals surface area contributed by atoms with Crippen LogP contribution in [0.2, 0.25) is 0 Å². The van der Waals surface area contributed by atoms with Crippen molar-refractivity contribution in [2.45, 2.75) is 117 Å². The van der Waals surface area contributed by atoms with Gasteiger partial charge in [0.25, 0.3) is 5.91 Å². The van der Waals surface area contributed by atoms with E-state index >= 15 is 0 Å². The Morgan fingerprint density at radius 3 is 1.91 bits per heavy atom. The molecule has 5 heterocycles. The summed E-state index contributed by atoms with van der Waals surface area (Å²) in [5.74, 6) is -1.98. The standard InChI is InChI=1S/C43H56N6O8/c1-21-22(2)30-20-34-37(26(6)50)24(4)32(47-34)19-31-23(3)27(13-14-35(51)55-10)39(48-31)28(17-36(52)56-11)40-38(25(5)33(49-40)18-29(21)46-30)41(53)44-15-12-16-45-42(54)57-43(7,8)9/h18-23,27,47,49H,12-17H2,1-11H3,(H,44,53)(H,45,54)/t21-,22-,23+,27+/m1/s1. The highest BCUT2D eigenvalue weighted by Gasteiger charge is 2.34. The quantitative estimate of drug-likeness (QED) is 0.0666. The molecule has 5 rings (SSSR count). The van der Waals surface area contributed by atoms with E-state index in [0.717, 1.165) is 17.0 Å². The Labute approximate surface area is 333 Å². The van der Waals surface area contributed by atoms with Gasteiger partial charge in [-0.1, -0.05) is 20.8 Å². The zero-order valence-electron chi connectivity index (χ0n) is 34.9. The largest absolute Gasteiger partial charge is 0.469 e. The number of rotatable bonds is 11. The van der Waals surface area contributed by atoms with Gasteiger partial charge in [-0.15, -0.1) is 0 Å². The Morgan fingerprint density at radius 1 is 0.754 bits per heavy atom. The molecular weight excluding hydrogens is 729 g/mol. The number of aromatic nitrogens is 4. The lowest BCUT2D eigenvalue weighted by atomic mass is 9.85. The summed E-state index contributed by atoms with van der Waals surface area (Å²) in [6.45, 7) is 17.4. The highest BCUT2D eigenvalue weighted by atomic mass is 16.6. The van der Waals surface area contributed by atoms with Gasteiger partial charge in [0.1, 0.15) is 5.60 Å². The van der Waals surface area contributed by atoms with Gasteiger partial charge in [0.2, 0.25) is 0 Å². The third kappa shape index (κ3) is 9.37. The molecule has 14 nitrogen and oxygen atoms in total. The first-order valence-corrected chi connectivity index (χ1v) is 19.5. The van der Waals surface area contributed by atoms with Crippen LogP contribution in [0.5, 0.6) is 0 Å². The molecule has 57 heavy (non-hydrogen) atoms. The van der Waals surface area contributed by atoms with Crippen LogP contribution in [-0.2, 0) is 30.2 Å². The zero-order valence-corrected chi connectivity index (χ0v) is 34.9. The number of carbonyl (C=O) groups is 5. The van der Waals surface area contributed by atoms with Crippen LogP contribution in [0.15, 0.2) is 18.2 Å². The molecule has 0 aliphatic carbocycles. The number of esters is 2. The molecule has 2 aliphatic heterocycles. The van der Waals surface area contributed by atoms with E-state index in [1.54, 1.807) is 27.7 Å². The van der Waals surface area contributed by atoms with Gasteiger partial charge in [-0.3, -0.25) is 29.1 Å². The number of carbonyl (C=O) groups excluding carboxylic acids is 5. The van der Waals surface area contributed by atoms with E-state index in [4.69, 9.17) is 24.2 Å². The molecule has 3 aromatic rings. The molecular formula is C43H56N6O8. The van der Waals surface area contributed by atoms with Crippen molar-refractivity contribution in [3.8, 4) is 0 Å². The molecule has 0 fully saturated rings. The number of amides is 2. The number of nitrogens with zero attached hydrogens (tertiary/aromatic N) is 2. The van der Waals surface area contributed by atoms with E-state index in [2.05, 4.69) is 34.4 Å². The van der Waals surface area contributed by atoms with Gasteiger partial charge in [0, 0.05) is 82.4 Å². The van der Waals surface area contributed by atoms with Crippen molar-refractivity contribution >= 4 is 51.8 Å². The van der Waals surface area contributed by atoms with Gasteiger partial charge < -0.3 is 34.8 Å². The van der Waals surface area contributed by atoms with E-state index in [0.29, 0.717) is 68.6 Å². The molecule has 0 saturated heterocycles. The molecule has 306 valence electrons. The summed E-state index contributed by atoms with van der Waals surface area (Å²) in [5.41, 5.74) is 7.34. The van der Waals surface area contributed by atoms with Crippen LogP contribution in [0.25, 0.3) is 22.1 Å². The van der Waals surface area contributed by atoms with Crippen LogP contribution in [0, 0.1) is 13.8 Å². The molecule has 4 N–H and O–H groups in total. The minimum Gasteiger partial charge on any atom is -0.469 e. The average Bonchev–Trinajstić information content (AvgIpc) is 3.82. The predicted molar refractivity (Wildman–Crippen MR) is 217 cm³/mol. The second-order valence-electron chi connectivity index (χ2n) is 16.1. The first-order valence-electron chi connectivity index (χ1n) is 19.5. The van der Waals surface area contributed by atoms with Crippen molar-refractivity contribution in [3.05, 3.63) is 68.8 Å². The fourth-order valence-electron chi connectivity index (χ4n) is 7.64. The summed E-state index contributed by atoms with van der Waals surface area (Å²) in [7, 11) is 2.65. The second kappa shape index (κ2) is 17.3. The Kier molecular flexibility index (Phi) is 12.9. The third-order valence-corrected chi connectivity index (χ3v) is 11.0. The van der Waals surface area contributed by atoms with Gasteiger partial charge in [0.05, 0.1) is 42.9 Å². The number of alkyl carbamates (subject to hydrolysis) is 1. The van der Waals surface area contributed by atoms with Gasteiger partial charge in [-0.25, -0.2) is 4.79 Å². The lowest BCUT2D eigenvalue weighted by Gasteiger charge is -2.19. The van der Waals surface area contributed by atoms with Crippen LogP contribution in [-0.4, -0.2) is 82.6 Å². The summed E-state index contributed by atoms with van der Waals surface area (Å²) in [5, 5.41) is 5.72. The first kappa shape index (κ1) is 42.6. The van der Waals surface area contributed by atoms with E-state index in [9.17, 15) is 24.0 Å². The SMILES string of the molecule is COC(=O)CC[C@@H]1c2nc(cc3[nH]c(cc4nc(cc5[nH]c(c2CC(=O)OC)c(C(=O)NCCCNC(=O)OC(C)(C)C)c5C)[C@H](C)[C@H]4C)c(C(C)=O)c3C)[C@H]1C. The fourth-order valence-corrected chi connectivity index (χ4v) is 7.64. The highest BCUT2D eigenvalue weighted by molar-refractivity contribution is 6.06. The molecule has 14 heteroatoms. The number of ether oxygens (including phenoxy) is 3. The Bertz CT molecular complexity index is 2250. The van der Waals surface area contributed by atoms with Gasteiger partial charge in [0.15, 0.2) is 5.78 Å². The number of aromatic amines is 2. The smallest absolute Gasteiger partial charge is 0.407 e. The zero-order chi connectivity index (χ0) is 41.9. The average molecular weight is 785 g/mol. The van der Waals surface area contributed by atoms with Gasteiger partial charge in [-0.05, 0) is 83.7 Å². The van der Waals surface area contributed by atoms with Crippen molar-refractivity contribution in [1.82, 2.24) is 30.6 Å². The fraction of sp³-hybridized carbons (Fsp3) is 0.512. The maximum Gasteiger partial charge on any atom is 0.407 e. The lowest BCUT2D eigenvalue weighted by molar-refractivity contribution is -0.141. The van der Waals surface area contributed by atoms with E-state index in [-0.39, 0.29) is 67.3 Å². The van der Waals surface area contributed by atoms with Crippen molar-refractivity contribution in [1.29, 1.82) is 0 Å². The van der Waals surface area contributed by atoms with Crippen molar-refractivity contribution in [2.24, 2.45) is 0 Å². The monoisotopic (exact) mass is 784 g/mol. The van der Waals surface area contributed by atoms with Crippen LogP contribution >= 0.6 is 0 Å². The van der Waals surface area contributed by atoms with Crippen LogP contribution in [0.1, 0.15) is 152 Å². The highest BCUT2D eigenvalue weighted by Crippen LogP contribution is 2.43. The number of fused-ring (bicyclic) bond motifs is 8. The maximum absolute atomic E-state index is 14.3. The van der Waals surface area contributed by atoms with Crippen molar-refractivity contribution < 1.29 is 38.2 Å².